The summed E-state index contributed by atoms with van der Waals surface area (Å²) in [5.74, 6) is 0.295. The van der Waals surface area contributed by atoms with E-state index in [9.17, 15) is 4.57 Å². The summed E-state index contributed by atoms with van der Waals surface area (Å²) >= 11 is 0. The van der Waals surface area contributed by atoms with E-state index in [-0.39, 0.29) is 17.7 Å². The second kappa shape index (κ2) is 10.3. The first-order valence-electron chi connectivity index (χ1n) is 12.6. The van der Waals surface area contributed by atoms with Gasteiger partial charge in [0.1, 0.15) is 11.8 Å². The molecule has 0 bridgehead atoms. The van der Waals surface area contributed by atoms with E-state index in [2.05, 4.69) is 48.8 Å². The molecule has 3 heterocycles. The number of ether oxygens (including phenoxy) is 1. The van der Waals surface area contributed by atoms with Crippen LogP contribution < -0.4 is 5.73 Å². The lowest BCUT2D eigenvalue weighted by Gasteiger charge is -2.39. The van der Waals surface area contributed by atoms with Crippen molar-refractivity contribution in [3.63, 3.8) is 0 Å². The standard InChI is InChI=1S/C24H44N5O6PSi/c1-22(2,3)34-36(30,35-23(4,5)6)31-13-16-12-17(33-37(10,11)24(7,8)9)21(32-16)29-15-28-18-19(25)26-14-27-20(18)29/h14-17,21H,12-13H2,1-11H3,(H2,25,26,27)/t16?,17?,21-/m1/s1. The van der Waals surface area contributed by atoms with Crippen LogP contribution in [-0.2, 0) is 27.3 Å². The highest BCUT2D eigenvalue weighted by molar-refractivity contribution is 7.48. The van der Waals surface area contributed by atoms with Gasteiger partial charge in [0.15, 0.2) is 26.0 Å². The van der Waals surface area contributed by atoms with Crippen molar-refractivity contribution in [3.8, 4) is 0 Å². The van der Waals surface area contributed by atoms with Crippen LogP contribution in [0.5, 0.6) is 0 Å². The largest absolute Gasteiger partial charge is 0.475 e. The second-order valence-corrected chi connectivity index (χ2v) is 19.3. The first-order chi connectivity index (χ1) is 16.7. The number of nitrogen functional groups attached to an aromatic ring is 1. The van der Waals surface area contributed by atoms with Gasteiger partial charge in [-0.05, 0) is 59.7 Å². The number of imidazole rings is 1. The maximum atomic E-state index is 13.6. The van der Waals surface area contributed by atoms with Crippen LogP contribution in [0.25, 0.3) is 11.2 Å². The third kappa shape index (κ3) is 7.59. The van der Waals surface area contributed by atoms with E-state index >= 15 is 0 Å². The normalized spacial score (nSPS) is 22.2. The summed E-state index contributed by atoms with van der Waals surface area (Å²) in [6.45, 7) is 21.8. The Labute approximate surface area is 221 Å². The van der Waals surface area contributed by atoms with E-state index in [0.717, 1.165) is 0 Å². The molecule has 11 nitrogen and oxygen atoms in total. The van der Waals surface area contributed by atoms with Crippen molar-refractivity contribution < 1.29 is 27.3 Å². The predicted octanol–water partition coefficient (Wildman–Crippen LogP) is 5.84. The van der Waals surface area contributed by atoms with Gasteiger partial charge in [0.2, 0.25) is 0 Å². The molecule has 1 aliphatic rings. The van der Waals surface area contributed by atoms with Gasteiger partial charge in [-0.1, -0.05) is 20.8 Å². The highest BCUT2D eigenvalue weighted by Gasteiger charge is 2.47. The second-order valence-electron chi connectivity index (χ2n) is 13.0. The molecule has 37 heavy (non-hydrogen) atoms. The molecule has 1 aliphatic heterocycles. The zero-order valence-corrected chi connectivity index (χ0v) is 26.0. The fourth-order valence-corrected chi connectivity index (χ4v) is 6.86. The van der Waals surface area contributed by atoms with E-state index in [1.54, 1.807) is 47.9 Å². The van der Waals surface area contributed by atoms with Crippen molar-refractivity contribution in [2.75, 3.05) is 12.3 Å². The number of hydrogen-bond donors (Lipinski definition) is 1. The average Bonchev–Trinajstić information content (AvgIpc) is 3.27. The number of phosphoric acid groups is 1. The van der Waals surface area contributed by atoms with Gasteiger partial charge in [-0.3, -0.25) is 18.1 Å². The molecule has 2 unspecified atom stereocenters. The third-order valence-electron chi connectivity index (χ3n) is 6.25. The van der Waals surface area contributed by atoms with Gasteiger partial charge in [-0.15, -0.1) is 0 Å². The van der Waals surface area contributed by atoms with E-state index in [4.69, 9.17) is 28.5 Å². The Balaban J connectivity index is 1.88. The quantitative estimate of drug-likeness (QED) is 0.312. The molecule has 2 aromatic rings. The van der Waals surface area contributed by atoms with Gasteiger partial charge in [-0.25, -0.2) is 19.5 Å². The van der Waals surface area contributed by atoms with Gasteiger partial charge >= 0.3 is 7.82 Å². The summed E-state index contributed by atoms with van der Waals surface area (Å²) in [7, 11) is -6.07. The lowest BCUT2D eigenvalue weighted by Crippen LogP contribution is -2.45. The van der Waals surface area contributed by atoms with Crippen molar-refractivity contribution in [2.45, 2.75) is 117 Å². The lowest BCUT2D eigenvalue weighted by atomic mass is 10.2. The summed E-state index contributed by atoms with van der Waals surface area (Å²) in [5, 5.41) is -0.00740. The Morgan fingerprint density at radius 3 is 2.19 bits per heavy atom. The van der Waals surface area contributed by atoms with E-state index in [0.29, 0.717) is 23.4 Å². The Hall–Kier alpha value is -1.40. The number of rotatable bonds is 8. The maximum Gasteiger partial charge on any atom is 0.475 e. The summed E-state index contributed by atoms with van der Waals surface area (Å²) in [6.07, 6.45) is 2.28. The summed E-state index contributed by atoms with van der Waals surface area (Å²) in [4.78, 5) is 12.8. The van der Waals surface area contributed by atoms with Crippen LogP contribution in [0.15, 0.2) is 12.7 Å². The molecule has 2 aromatic heterocycles. The van der Waals surface area contributed by atoms with E-state index < -0.39 is 39.7 Å². The SMILES string of the molecule is CC(C)(C)OP(=O)(OCC1CC(O[Si](C)(C)C(C)(C)C)[C@H](n2cnc3c(N)ncnc32)O1)OC(C)(C)C. The smallest absolute Gasteiger partial charge is 0.409 e. The maximum absolute atomic E-state index is 13.6. The number of hydrogen-bond acceptors (Lipinski definition) is 10. The van der Waals surface area contributed by atoms with Crippen LogP contribution in [0.1, 0.15) is 75.0 Å². The Morgan fingerprint density at radius 2 is 1.65 bits per heavy atom. The summed E-state index contributed by atoms with van der Waals surface area (Å²) in [5.41, 5.74) is 5.60. The Kier molecular flexibility index (Phi) is 8.38. The number of aromatic nitrogens is 4. The Morgan fingerprint density at radius 1 is 1.05 bits per heavy atom. The van der Waals surface area contributed by atoms with Gasteiger partial charge in [0.25, 0.3) is 0 Å². The zero-order chi connectivity index (χ0) is 28.0. The van der Waals surface area contributed by atoms with Crippen molar-refractivity contribution in [3.05, 3.63) is 12.7 Å². The fourth-order valence-electron chi connectivity index (χ4n) is 3.70. The third-order valence-corrected chi connectivity index (χ3v) is 12.8. The molecule has 3 atom stereocenters. The molecule has 1 fully saturated rings. The molecule has 2 N–H and O–H groups in total. The van der Waals surface area contributed by atoms with Crippen LogP contribution in [0.3, 0.4) is 0 Å². The fraction of sp³-hybridized carbons (Fsp3) is 0.792. The molecular formula is C24H44N5O6PSi. The van der Waals surface area contributed by atoms with Crippen LogP contribution in [-0.4, -0.2) is 57.9 Å². The first-order valence-corrected chi connectivity index (χ1v) is 17.0. The molecule has 0 spiro atoms. The van der Waals surface area contributed by atoms with Crippen molar-refractivity contribution in [2.24, 2.45) is 0 Å². The molecule has 1 saturated heterocycles. The van der Waals surface area contributed by atoms with Crippen molar-refractivity contribution in [1.29, 1.82) is 0 Å². The topological polar surface area (TPSA) is 133 Å². The van der Waals surface area contributed by atoms with Gasteiger partial charge in [0, 0.05) is 6.42 Å². The molecule has 0 radical (unpaired) electrons. The molecule has 0 amide bonds. The molecule has 0 aromatic carbocycles. The molecule has 0 aliphatic carbocycles. The van der Waals surface area contributed by atoms with Crippen LogP contribution in [0, 0.1) is 0 Å². The molecular weight excluding hydrogens is 513 g/mol. The molecule has 13 heteroatoms. The first kappa shape index (κ1) is 30.1. The van der Waals surface area contributed by atoms with E-state index in [1.807, 2.05) is 4.57 Å². The minimum Gasteiger partial charge on any atom is -0.409 e. The van der Waals surface area contributed by atoms with Crippen molar-refractivity contribution in [1.82, 2.24) is 19.5 Å². The minimum absolute atomic E-state index is 0.00104. The van der Waals surface area contributed by atoms with Gasteiger partial charge in [-0.2, -0.15) is 0 Å². The van der Waals surface area contributed by atoms with Crippen LogP contribution >= 0.6 is 7.82 Å². The Bertz CT molecular complexity index is 1120. The monoisotopic (exact) mass is 557 g/mol. The van der Waals surface area contributed by atoms with Gasteiger partial charge in [0.05, 0.1) is 36.3 Å². The number of phosphoric ester groups is 1. The highest BCUT2D eigenvalue weighted by Crippen LogP contribution is 2.56. The lowest BCUT2D eigenvalue weighted by molar-refractivity contribution is -0.0555. The highest BCUT2D eigenvalue weighted by atomic mass is 31.2. The number of fused-ring (bicyclic) bond motifs is 1. The predicted molar refractivity (Wildman–Crippen MR) is 146 cm³/mol. The molecule has 3 rings (SSSR count). The average molecular weight is 558 g/mol. The number of anilines is 1. The summed E-state index contributed by atoms with van der Waals surface area (Å²) in [6, 6.07) is 0. The van der Waals surface area contributed by atoms with E-state index in [1.165, 1.54) is 6.33 Å². The minimum atomic E-state index is -3.90. The van der Waals surface area contributed by atoms with Gasteiger partial charge < -0.3 is 14.9 Å². The zero-order valence-electron chi connectivity index (χ0n) is 24.1. The van der Waals surface area contributed by atoms with Crippen molar-refractivity contribution >= 4 is 33.1 Å². The number of nitrogens with zero attached hydrogens (tertiary/aromatic N) is 4. The number of nitrogens with two attached hydrogens (primary N) is 1. The molecule has 0 saturated carbocycles. The van der Waals surface area contributed by atoms with Crippen LogP contribution in [0.4, 0.5) is 5.82 Å². The summed E-state index contributed by atoms with van der Waals surface area (Å²) < 4.78 is 46.0. The molecule has 210 valence electrons. The van der Waals surface area contributed by atoms with Crippen LogP contribution in [0.2, 0.25) is 18.1 Å².